The van der Waals surface area contributed by atoms with E-state index in [0.717, 1.165) is 6.54 Å². The lowest BCUT2D eigenvalue weighted by Gasteiger charge is -2.36. The molecule has 3 atom stereocenters. The first-order chi connectivity index (χ1) is 8.27. The van der Waals surface area contributed by atoms with Gasteiger partial charge in [-0.3, -0.25) is 4.79 Å². The van der Waals surface area contributed by atoms with E-state index >= 15 is 0 Å². The van der Waals surface area contributed by atoms with Gasteiger partial charge in [0.15, 0.2) is 0 Å². The maximum absolute atomic E-state index is 10.5. The van der Waals surface area contributed by atoms with Crippen LogP contribution < -0.4 is 10.6 Å². The number of rotatable bonds is 5. The zero-order valence-electron chi connectivity index (χ0n) is 10.5. The summed E-state index contributed by atoms with van der Waals surface area (Å²) >= 11 is 0. The van der Waals surface area contributed by atoms with Crippen LogP contribution in [0.15, 0.2) is 0 Å². The van der Waals surface area contributed by atoms with Gasteiger partial charge in [0.1, 0.15) is 0 Å². The third-order valence-corrected chi connectivity index (χ3v) is 4.18. The Morgan fingerprint density at radius 1 is 1.24 bits per heavy atom. The van der Waals surface area contributed by atoms with Crippen LogP contribution in [0.3, 0.4) is 0 Å². The maximum Gasteiger partial charge on any atom is 0.304 e. The highest BCUT2D eigenvalue weighted by Gasteiger charge is 2.32. The summed E-state index contributed by atoms with van der Waals surface area (Å²) in [6, 6.07) is 1.19. The summed E-state index contributed by atoms with van der Waals surface area (Å²) in [5.74, 6) is 0.00361. The molecule has 3 unspecified atom stereocenters. The van der Waals surface area contributed by atoms with Gasteiger partial charge in [0.2, 0.25) is 0 Å². The molecule has 3 N–H and O–H groups in total. The zero-order chi connectivity index (χ0) is 12.1. The highest BCUT2D eigenvalue weighted by Crippen LogP contribution is 2.30. The summed E-state index contributed by atoms with van der Waals surface area (Å²) in [5.41, 5.74) is 0. The fourth-order valence-corrected chi connectivity index (χ4v) is 3.34. The van der Waals surface area contributed by atoms with E-state index in [-0.39, 0.29) is 6.42 Å². The maximum atomic E-state index is 10.5. The second-order valence-corrected chi connectivity index (χ2v) is 5.36. The molecule has 0 radical (unpaired) electrons. The Bertz CT molecular complexity index is 252. The minimum Gasteiger partial charge on any atom is -0.481 e. The van der Waals surface area contributed by atoms with Gasteiger partial charge in [-0.2, -0.15) is 0 Å². The van der Waals surface area contributed by atoms with Crippen molar-refractivity contribution in [1.29, 1.82) is 0 Å². The molecule has 0 amide bonds. The predicted molar refractivity (Wildman–Crippen MR) is 67.0 cm³/mol. The molecule has 4 nitrogen and oxygen atoms in total. The van der Waals surface area contributed by atoms with Crippen molar-refractivity contribution >= 4 is 5.97 Å². The summed E-state index contributed by atoms with van der Waals surface area (Å²) in [6.07, 6.45) is 7.95. The summed E-state index contributed by atoms with van der Waals surface area (Å²) in [6.45, 7) is 1.77. The molecule has 1 saturated heterocycles. The average Bonchev–Trinajstić information content (AvgIpc) is 2.82. The average molecular weight is 240 g/mol. The molecular formula is C13H24N2O2. The fourth-order valence-electron chi connectivity index (χ4n) is 3.34. The predicted octanol–water partition coefficient (Wildman–Crippen LogP) is 1.36. The van der Waals surface area contributed by atoms with E-state index in [0.29, 0.717) is 24.5 Å². The zero-order valence-corrected chi connectivity index (χ0v) is 10.5. The van der Waals surface area contributed by atoms with Crippen LogP contribution in [0.5, 0.6) is 0 Å². The van der Waals surface area contributed by atoms with Gasteiger partial charge in [-0.25, -0.2) is 0 Å². The van der Waals surface area contributed by atoms with Crippen LogP contribution in [0.4, 0.5) is 0 Å². The number of carboxylic acid groups (broad SMARTS) is 1. The second kappa shape index (κ2) is 6.36. The Balaban J connectivity index is 1.81. The SMILES string of the molecule is O=C(O)CCNC1CCCCC1C1CCCN1. The first kappa shape index (κ1) is 12.8. The molecule has 2 aliphatic rings. The number of carbonyl (C=O) groups is 1. The molecule has 4 heteroatoms. The highest BCUT2D eigenvalue weighted by atomic mass is 16.4. The fraction of sp³-hybridized carbons (Fsp3) is 0.923. The van der Waals surface area contributed by atoms with E-state index in [1.54, 1.807) is 0 Å². The third-order valence-electron chi connectivity index (χ3n) is 4.18. The Hall–Kier alpha value is -0.610. The van der Waals surface area contributed by atoms with Gasteiger partial charge in [-0.15, -0.1) is 0 Å². The molecule has 0 aromatic heterocycles. The van der Waals surface area contributed by atoms with Crippen molar-refractivity contribution in [1.82, 2.24) is 10.6 Å². The quantitative estimate of drug-likeness (QED) is 0.679. The van der Waals surface area contributed by atoms with Crippen LogP contribution in [0, 0.1) is 5.92 Å². The van der Waals surface area contributed by atoms with Crippen molar-refractivity contribution in [3.05, 3.63) is 0 Å². The van der Waals surface area contributed by atoms with Crippen molar-refractivity contribution in [3.63, 3.8) is 0 Å². The van der Waals surface area contributed by atoms with Crippen LogP contribution in [0.1, 0.15) is 44.9 Å². The lowest BCUT2D eigenvalue weighted by atomic mass is 9.79. The van der Waals surface area contributed by atoms with Crippen LogP contribution >= 0.6 is 0 Å². The molecule has 0 aromatic rings. The van der Waals surface area contributed by atoms with Gasteiger partial charge in [0, 0.05) is 18.6 Å². The van der Waals surface area contributed by atoms with E-state index in [2.05, 4.69) is 10.6 Å². The molecule has 1 aliphatic heterocycles. The van der Waals surface area contributed by atoms with Gasteiger partial charge >= 0.3 is 5.97 Å². The molecule has 2 fully saturated rings. The topological polar surface area (TPSA) is 61.4 Å². The van der Waals surface area contributed by atoms with Gasteiger partial charge < -0.3 is 15.7 Å². The molecule has 0 aromatic carbocycles. The van der Waals surface area contributed by atoms with Crippen LogP contribution in [-0.4, -0.2) is 36.2 Å². The molecule has 0 bridgehead atoms. The first-order valence-electron chi connectivity index (χ1n) is 6.96. The number of carboxylic acids is 1. The molecule has 0 spiro atoms. The standard InChI is InChI=1S/C13H24N2O2/c16-13(17)7-9-15-11-5-2-1-4-10(11)12-6-3-8-14-12/h10-12,14-15H,1-9H2,(H,16,17). The van der Waals surface area contributed by atoms with E-state index in [9.17, 15) is 4.79 Å². The molecule has 1 heterocycles. The van der Waals surface area contributed by atoms with Crippen molar-refractivity contribution in [3.8, 4) is 0 Å². The monoisotopic (exact) mass is 240 g/mol. The van der Waals surface area contributed by atoms with E-state index in [1.165, 1.54) is 38.5 Å². The summed E-state index contributed by atoms with van der Waals surface area (Å²) in [7, 11) is 0. The first-order valence-corrected chi connectivity index (χ1v) is 6.96. The van der Waals surface area contributed by atoms with Crippen LogP contribution in [0.2, 0.25) is 0 Å². The summed E-state index contributed by atoms with van der Waals surface area (Å²) < 4.78 is 0. The number of nitrogens with one attached hydrogen (secondary N) is 2. The van der Waals surface area contributed by atoms with Crippen molar-refractivity contribution in [2.45, 2.75) is 57.0 Å². The lowest BCUT2D eigenvalue weighted by Crippen LogP contribution is -2.47. The smallest absolute Gasteiger partial charge is 0.304 e. The van der Waals surface area contributed by atoms with E-state index in [4.69, 9.17) is 5.11 Å². The van der Waals surface area contributed by atoms with E-state index < -0.39 is 5.97 Å². The largest absolute Gasteiger partial charge is 0.481 e. The highest BCUT2D eigenvalue weighted by molar-refractivity contribution is 5.66. The van der Waals surface area contributed by atoms with Crippen molar-refractivity contribution in [2.75, 3.05) is 13.1 Å². The van der Waals surface area contributed by atoms with Crippen molar-refractivity contribution in [2.24, 2.45) is 5.92 Å². The molecule has 17 heavy (non-hydrogen) atoms. The Morgan fingerprint density at radius 2 is 2.06 bits per heavy atom. The third kappa shape index (κ3) is 3.68. The molecule has 1 saturated carbocycles. The molecular weight excluding hydrogens is 216 g/mol. The van der Waals surface area contributed by atoms with E-state index in [1.807, 2.05) is 0 Å². The van der Waals surface area contributed by atoms with Crippen LogP contribution in [-0.2, 0) is 4.79 Å². The van der Waals surface area contributed by atoms with Gasteiger partial charge in [0.05, 0.1) is 6.42 Å². The van der Waals surface area contributed by atoms with Gasteiger partial charge in [-0.1, -0.05) is 12.8 Å². The normalized spacial score (nSPS) is 33.8. The molecule has 1 aliphatic carbocycles. The Morgan fingerprint density at radius 3 is 2.76 bits per heavy atom. The summed E-state index contributed by atoms with van der Waals surface area (Å²) in [4.78, 5) is 10.5. The second-order valence-electron chi connectivity index (χ2n) is 5.36. The lowest BCUT2D eigenvalue weighted by molar-refractivity contribution is -0.136. The Labute approximate surface area is 103 Å². The van der Waals surface area contributed by atoms with Gasteiger partial charge in [-0.05, 0) is 38.1 Å². The number of aliphatic carboxylic acids is 1. The summed E-state index contributed by atoms with van der Waals surface area (Å²) in [5, 5.41) is 15.7. The van der Waals surface area contributed by atoms with Crippen LogP contribution in [0.25, 0.3) is 0 Å². The minimum atomic E-state index is -0.705. The number of hydrogen-bond acceptors (Lipinski definition) is 3. The van der Waals surface area contributed by atoms with Gasteiger partial charge in [0.25, 0.3) is 0 Å². The Kier molecular flexibility index (Phi) is 4.80. The molecule has 98 valence electrons. The molecule has 2 rings (SSSR count). The number of hydrogen-bond donors (Lipinski definition) is 3. The minimum absolute atomic E-state index is 0.237. The van der Waals surface area contributed by atoms with Crippen molar-refractivity contribution < 1.29 is 9.90 Å².